The summed E-state index contributed by atoms with van der Waals surface area (Å²) in [6.07, 6.45) is 2.34. The van der Waals surface area contributed by atoms with Gasteiger partial charge < -0.3 is 19.2 Å². The molecule has 0 saturated carbocycles. The topological polar surface area (TPSA) is 67.5 Å². The Morgan fingerprint density at radius 2 is 1.71 bits per heavy atom. The van der Waals surface area contributed by atoms with Crippen molar-refractivity contribution in [1.29, 1.82) is 0 Å². The van der Waals surface area contributed by atoms with Crippen LogP contribution in [-0.4, -0.2) is 27.3 Å². The molecule has 1 N–H and O–H groups in total. The van der Waals surface area contributed by atoms with E-state index in [1.54, 1.807) is 12.3 Å². The van der Waals surface area contributed by atoms with E-state index in [2.05, 4.69) is 74.1 Å². The highest BCUT2D eigenvalue weighted by Crippen LogP contribution is 2.48. The SMILES string of the molecule is CCC(C)C(C(=O)NCc1ccco1)N1C(=O)c2ccccc2C1c1c(-c2ccc(C)cc2)n(C)c2ccccc12. The van der Waals surface area contributed by atoms with E-state index in [9.17, 15) is 9.59 Å². The van der Waals surface area contributed by atoms with Crippen molar-refractivity contribution in [3.8, 4) is 11.3 Å². The molecule has 2 aromatic heterocycles. The number of furan rings is 1. The first kappa shape index (κ1) is 26.6. The predicted octanol–water partition coefficient (Wildman–Crippen LogP) is 7.02. The Morgan fingerprint density at radius 1 is 0.976 bits per heavy atom. The van der Waals surface area contributed by atoms with Crippen molar-refractivity contribution in [2.75, 3.05) is 0 Å². The van der Waals surface area contributed by atoms with Gasteiger partial charge in [0.2, 0.25) is 5.91 Å². The van der Waals surface area contributed by atoms with Gasteiger partial charge in [0.15, 0.2) is 0 Å². The minimum Gasteiger partial charge on any atom is -0.467 e. The van der Waals surface area contributed by atoms with Crippen molar-refractivity contribution in [3.63, 3.8) is 0 Å². The van der Waals surface area contributed by atoms with Gasteiger partial charge in [-0.2, -0.15) is 0 Å². The number of nitrogens with zero attached hydrogens (tertiary/aromatic N) is 2. The lowest BCUT2D eigenvalue weighted by Crippen LogP contribution is -2.51. The third kappa shape index (κ3) is 4.53. The van der Waals surface area contributed by atoms with Crippen LogP contribution in [0, 0.1) is 12.8 Å². The van der Waals surface area contributed by atoms with E-state index < -0.39 is 12.1 Å². The van der Waals surface area contributed by atoms with E-state index in [0.29, 0.717) is 11.3 Å². The molecule has 3 aromatic carbocycles. The van der Waals surface area contributed by atoms with Crippen molar-refractivity contribution < 1.29 is 14.0 Å². The highest BCUT2D eigenvalue weighted by molar-refractivity contribution is 6.04. The third-order valence-electron chi connectivity index (χ3n) is 8.51. The fraction of sp³-hybridized carbons (Fsp3) is 0.257. The van der Waals surface area contributed by atoms with Gasteiger partial charge in [0.1, 0.15) is 11.8 Å². The minimum absolute atomic E-state index is 0.0786. The molecule has 0 bridgehead atoms. The van der Waals surface area contributed by atoms with Crippen LogP contribution >= 0.6 is 0 Å². The van der Waals surface area contributed by atoms with Crippen LogP contribution in [0.2, 0.25) is 0 Å². The van der Waals surface area contributed by atoms with Crippen LogP contribution in [0.4, 0.5) is 0 Å². The molecule has 0 saturated heterocycles. The van der Waals surface area contributed by atoms with E-state index in [-0.39, 0.29) is 24.3 Å². The second kappa shape index (κ2) is 10.8. The zero-order valence-corrected chi connectivity index (χ0v) is 23.9. The Hall–Kier alpha value is -4.58. The Kier molecular flexibility index (Phi) is 7.00. The Balaban J connectivity index is 1.57. The van der Waals surface area contributed by atoms with Crippen molar-refractivity contribution in [2.24, 2.45) is 13.0 Å². The summed E-state index contributed by atoms with van der Waals surface area (Å²) < 4.78 is 7.68. The molecule has 0 radical (unpaired) electrons. The molecule has 1 aliphatic heterocycles. The van der Waals surface area contributed by atoms with Crippen molar-refractivity contribution in [1.82, 2.24) is 14.8 Å². The highest BCUT2D eigenvalue weighted by Gasteiger charge is 2.47. The minimum atomic E-state index is -0.676. The maximum Gasteiger partial charge on any atom is 0.255 e. The molecule has 3 heterocycles. The lowest BCUT2D eigenvalue weighted by Gasteiger charge is -2.36. The summed E-state index contributed by atoms with van der Waals surface area (Å²) in [5.74, 6) is 0.292. The molecular weight excluding hydrogens is 510 g/mol. The zero-order valence-electron chi connectivity index (χ0n) is 23.9. The van der Waals surface area contributed by atoms with Crippen molar-refractivity contribution in [3.05, 3.63) is 119 Å². The fourth-order valence-electron chi connectivity index (χ4n) is 6.25. The van der Waals surface area contributed by atoms with Crippen LogP contribution in [0.5, 0.6) is 0 Å². The number of hydrogen-bond donors (Lipinski definition) is 1. The molecule has 3 unspecified atom stereocenters. The largest absolute Gasteiger partial charge is 0.467 e. The molecule has 6 heteroatoms. The van der Waals surface area contributed by atoms with Crippen LogP contribution < -0.4 is 5.32 Å². The number of nitrogens with one attached hydrogen (secondary N) is 1. The van der Waals surface area contributed by atoms with Gasteiger partial charge in [-0.1, -0.05) is 86.5 Å². The van der Waals surface area contributed by atoms with Gasteiger partial charge >= 0.3 is 0 Å². The summed E-state index contributed by atoms with van der Waals surface area (Å²) in [4.78, 5) is 30.2. The number of aryl methyl sites for hydroxylation is 2. The van der Waals surface area contributed by atoms with E-state index in [4.69, 9.17) is 4.42 Å². The lowest BCUT2D eigenvalue weighted by molar-refractivity contribution is -0.128. The smallest absolute Gasteiger partial charge is 0.255 e. The molecule has 3 atom stereocenters. The molecule has 6 nitrogen and oxygen atoms in total. The monoisotopic (exact) mass is 545 g/mol. The molecular formula is C35H35N3O3. The van der Waals surface area contributed by atoms with Crippen molar-refractivity contribution >= 4 is 22.7 Å². The molecule has 0 fully saturated rings. The van der Waals surface area contributed by atoms with Crippen LogP contribution in [0.15, 0.2) is 95.6 Å². The van der Waals surface area contributed by atoms with Gasteiger partial charge in [-0.15, -0.1) is 0 Å². The van der Waals surface area contributed by atoms with Gasteiger partial charge in [-0.05, 0) is 48.2 Å². The fourth-order valence-corrected chi connectivity index (χ4v) is 6.25. The van der Waals surface area contributed by atoms with Crippen LogP contribution in [0.1, 0.15) is 59.1 Å². The molecule has 1 aliphatic rings. The predicted molar refractivity (Wildman–Crippen MR) is 161 cm³/mol. The first-order valence-corrected chi connectivity index (χ1v) is 14.3. The number of aromatic nitrogens is 1. The number of carbonyl (C=O) groups is 2. The lowest BCUT2D eigenvalue weighted by atomic mass is 9.90. The van der Waals surface area contributed by atoms with Gasteiger partial charge in [-0.3, -0.25) is 9.59 Å². The molecule has 2 amide bonds. The van der Waals surface area contributed by atoms with E-state index >= 15 is 0 Å². The van der Waals surface area contributed by atoms with Gasteiger partial charge in [0.25, 0.3) is 5.91 Å². The Bertz CT molecular complexity index is 1720. The first-order chi connectivity index (χ1) is 19.9. The zero-order chi connectivity index (χ0) is 28.7. The molecule has 0 aliphatic carbocycles. The first-order valence-electron chi connectivity index (χ1n) is 14.3. The van der Waals surface area contributed by atoms with Gasteiger partial charge in [-0.25, -0.2) is 0 Å². The standard InChI is InChI=1S/C35H35N3O3/c1-5-23(3)31(34(39)36-21-25-11-10-20-41-25)38-33(26-12-6-7-13-27(26)35(38)40)30-28-14-8-9-15-29(28)37(4)32(30)24-18-16-22(2)17-19-24/h6-20,23,31,33H,5,21H2,1-4H3,(H,36,39). The summed E-state index contributed by atoms with van der Waals surface area (Å²) in [6, 6.07) is 27.2. The maximum atomic E-state index is 14.3. The molecule has 6 rings (SSSR count). The average molecular weight is 546 g/mol. The molecule has 0 spiro atoms. The van der Waals surface area contributed by atoms with Crippen LogP contribution in [-0.2, 0) is 18.4 Å². The maximum absolute atomic E-state index is 14.3. The Morgan fingerprint density at radius 3 is 2.44 bits per heavy atom. The summed E-state index contributed by atoms with van der Waals surface area (Å²) in [6.45, 7) is 6.46. The molecule has 41 heavy (non-hydrogen) atoms. The number of amides is 2. The molecule has 5 aromatic rings. The average Bonchev–Trinajstić information content (AvgIpc) is 3.69. The number of rotatable bonds is 8. The number of benzene rings is 3. The van der Waals surface area contributed by atoms with Crippen LogP contribution in [0.3, 0.4) is 0 Å². The number of carbonyl (C=O) groups excluding carboxylic acids is 2. The summed E-state index contributed by atoms with van der Waals surface area (Å²) in [5, 5.41) is 4.13. The number of fused-ring (bicyclic) bond motifs is 2. The highest BCUT2D eigenvalue weighted by atomic mass is 16.3. The van der Waals surface area contributed by atoms with Crippen molar-refractivity contribution in [2.45, 2.75) is 45.8 Å². The van der Waals surface area contributed by atoms with Crippen LogP contribution in [0.25, 0.3) is 22.2 Å². The van der Waals surface area contributed by atoms with E-state index in [1.807, 2.05) is 47.4 Å². The second-order valence-electron chi connectivity index (χ2n) is 11.0. The third-order valence-corrected chi connectivity index (χ3v) is 8.51. The summed E-state index contributed by atoms with van der Waals surface area (Å²) >= 11 is 0. The Labute approximate surface area is 240 Å². The van der Waals surface area contributed by atoms with E-state index in [1.165, 1.54) is 5.56 Å². The van der Waals surface area contributed by atoms with E-state index in [0.717, 1.165) is 39.7 Å². The molecule has 208 valence electrons. The number of para-hydroxylation sites is 1. The van der Waals surface area contributed by atoms with Gasteiger partial charge in [0.05, 0.1) is 24.5 Å². The number of hydrogen-bond acceptors (Lipinski definition) is 3. The normalized spacial score (nSPS) is 16.1. The summed E-state index contributed by atoms with van der Waals surface area (Å²) in [5.41, 5.74) is 6.99. The summed E-state index contributed by atoms with van der Waals surface area (Å²) in [7, 11) is 2.08. The quantitative estimate of drug-likeness (QED) is 0.228. The second-order valence-corrected chi connectivity index (χ2v) is 11.0. The van der Waals surface area contributed by atoms with Gasteiger partial charge in [0, 0.05) is 29.1 Å².